The molecule has 0 aliphatic heterocycles. The molecule has 2 heterocycles. The Morgan fingerprint density at radius 1 is 1.33 bits per heavy atom. The van der Waals surface area contributed by atoms with Gasteiger partial charge in [-0.2, -0.15) is 0 Å². The highest BCUT2D eigenvalue weighted by atomic mass is 32.1. The van der Waals surface area contributed by atoms with Gasteiger partial charge in [0, 0.05) is 16.1 Å². The summed E-state index contributed by atoms with van der Waals surface area (Å²) in [4.78, 5) is 36.4. The van der Waals surface area contributed by atoms with Crippen molar-refractivity contribution in [2.24, 2.45) is 0 Å². The molecule has 0 fully saturated rings. The molecule has 2 aromatic heterocycles. The smallest absolute Gasteiger partial charge is 0.254 e. The maximum Gasteiger partial charge on any atom is 0.254 e. The highest BCUT2D eigenvalue weighted by Gasteiger charge is 2.18. The molecule has 0 radical (unpaired) electrons. The van der Waals surface area contributed by atoms with Crippen molar-refractivity contribution in [3.8, 4) is 0 Å². The molecule has 110 valence electrons. The quantitative estimate of drug-likeness (QED) is 0.900. The second-order valence-corrected chi connectivity index (χ2v) is 6.27. The van der Waals surface area contributed by atoms with E-state index in [1.165, 1.54) is 16.2 Å². The number of amides is 1. The van der Waals surface area contributed by atoms with Gasteiger partial charge in [-0.1, -0.05) is 0 Å². The number of hydrogen-bond acceptors (Lipinski definition) is 5. The summed E-state index contributed by atoms with van der Waals surface area (Å²) in [5.41, 5.74) is 1.84. The molecule has 0 saturated carbocycles. The van der Waals surface area contributed by atoms with Crippen LogP contribution in [0.4, 0.5) is 5.13 Å². The van der Waals surface area contributed by atoms with Crippen molar-refractivity contribution < 1.29 is 4.79 Å². The maximum absolute atomic E-state index is 12.1. The third-order valence-electron chi connectivity index (χ3n) is 3.52. The number of H-pyrrole nitrogens is 1. The molecule has 0 saturated heterocycles. The lowest BCUT2D eigenvalue weighted by Crippen LogP contribution is -2.24. The molecule has 0 aromatic carbocycles. The summed E-state index contributed by atoms with van der Waals surface area (Å²) >= 11 is 1.53. The molecule has 3 rings (SSSR count). The first-order chi connectivity index (χ1) is 10.0. The summed E-state index contributed by atoms with van der Waals surface area (Å²) in [5.74, 6) is 0.319. The largest absolute Gasteiger partial charge is 0.311 e. The summed E-state index contributed by atoms with van der Waals surface area (Å²) in [6.07, 6.45) is 3.19. The number of aryl methyl sites for hydroxylation is 4. The molecule has 1 aliphatic rings. The molecular formula is C14H16N4O2S. The summed E-state index contributed by atoms with van der Waals surface area (Å²) in [7, 11) is 0. The predicted octanol–water partition coefficient (Wildman–Crippen LogP) is 1.51. The molecule has 0 spiro atoms. The van der Waals surface area contributed by atoms with Crippen molar-refractivity contribution in [2.75, 3.05) is 5.32 Å². The zero-order valence-corrected chi connectivity index (χ0v) is 12.8. The van der Waals surface area contributed by atoms with Gasteiger partial charge in [-0.3, -0.25) is 9.59 Å². The average molecular weight is 304 g/mol. The predicted molar refractivity (Wildman–Crippen MR) is 80.8 cm³/mol. The zero-order chi connectivity index (χ0) is 15.0. The summed E-state index contributed by atoms with van der Waals surface area (Å²) < 4.78 is 0. The fourth-order valence-corrected chi connectivity index (χ4v) is 3.59. The van der Waals surface area contributed by atoms with Crippen LogP contribution in [0, 0.1) is 13.8 Å². The average Bonchev–Trinajstić information content (AvgIpc) is 2.94. The number of thiazole rings is 1. The van der Waals surface area contributed by atoms with Crippen LogP contribution in [-0.4, -0.2) is 20.9 Å². The van der Waals surface area contributed by atoms with Crippen molar-refractivity contribution >= 4 is 22.4 Å². The topological polar surface area (TPSA) is 87.7 Å². The van der Waals surface area contributed by atoms with E-state index in [1.807, 2.05) is 0 Å². The van der Waals surface area contributed by atoms with Gasteiger partial charge >= 0.3 is 0 Å². The first-order valence-corrected chi connectivity index (χ1v) is 7.69. The zero-order valence-electron chi connectivity index (χ0n) is 11.9. The fourth-order valence-electron chi connectivity index (χ4n) is 2.53. The second kappa shape index (κ2) is 5.40. The van der Waals surface area contributed by atoms with Crippen LogP contribution in [0.2, 0.25) is 0 Å². The van der Waals surface area contributed by atoms with E-state index in [1.54, 1.807) is 13.8 Å². The minimum absolute atomic E-state index is 0.0126. The number of anilines is 1. The minimum atomic E-state index is -0.253. The third-order valence-corrected chi connectivity index (χ3v) is 4.59. The Hall–Kier alpha value is -2.02. The Kier molecular flexibility index (Phi) is 3.59. The Morgan fingerprint density at radius 3 is 2.86 bits per heavy atom. The van der Waals surface area contributed by atoms with Crippen molar-refractivity contribution in [1.82, 2.24) is 15.0 Å². The number of aromatic nitrogens is 3. The van der Waals surface area contributed by atoms with Crippen LogP contribution in [0.25, 0.3) is 0 Å². The van der Waals surface area contributed by atoms with Gasteiger partial charge in [-0.15, -0.1) is 11.3 Å². The van der Waals surface area contributed by atoms with Crippen molar-refractivity contribution in [2.45, 2.75) is 39.5 Å². The maximum atomic E-state index is 12.1. The van der Waals surface area contributed by atoms with Gasteiger partial charge in [-0.25, -0.2) is 9.97 Å². The fraction of sp³-hybridized carbons (Fsp3) is 0.429. The second-order valence-electron chi connectivity index (χ2n) is 5.18. The van der Waals surface area contributed by atoms with Gasteiger partial charge < -0.3 is 10.3 Å². The van der Waals surface area contributed by atoms with Gasteiger partial charge in [0.2, 0.25) is 5.91 Å². The van der Waals surface area contributed by atoms with Crippen LogP contribution in [0.15, 0.2) is 4.79 Å². The van der Waals surface area contributed by atoms with Crippen LogP contribution >= 0.6 is 11.3 Å². The van der Waals surface area contributed by atoms with E-state index in [2.05, 4.69) is 20.3 Å². The molecule has 1 aliphatic carbocycles. The summed E-state index contributed by atoms with van der Waals surface area (Å²) in [5, 5.41) is 3.40. The first-order valence-electron chi connectivity index (χ1n) is 6.88. The van der Waals surface area contributed by atoms with E-state index in [4.69, 9.17) is 0 Å². The highest BCUT2D eigenvalue weighted by Crippen LogP contribution is 2.30. The lowest BCUT2D eigenvalue weighted by atomic mass is 10.1. The Balaban J connectivity index is 1.73. The number of aromatic amines is 1. The van der Waals surface area contributed by atoms with Gasteiger partial charge in [0.1, 0.15) is 5.82 Å². The van der Waals surface area contributed by atoms with Gasteiger partial charge in [-0.05, 0) is 33.1 Å². The molecule has 2 N–H and O–H groups in total. The number of rotatable bonds is 3. The van der Waals surface area contributed by atoms with E-state index in [-0.39, 0.29) is 17.9 Å². The first kappa shape index (κ1) is 13.9. The van der Waals surface area contributed by atoms with Crippen molar-refractivity contribution in [1.29, 1.82) is 0 Å². The van der Waals surface area contributed by atoms with E-state index >= 15 is 0 Å². The number of fused-ring (bicyclic) bond motifs is 1. The molecule has 6 nitrogen and oxygen atoms in total. The Morgan fingerprint density at radius 2 is 2.14 bits per heavy atom. The number of nitrogens with zero attached hydrogens (tertiary/aromatic N) is 2. The Bertz CT molecular complexity index is 741. The summed E-state index contributed by atoms with van der Waals surface area (Å²) in [6, 6.07) is 0. The molecule has 7 heteroatoms. The van der Waals surface area contributed by atoms with Gasteiger partial charge in [0.25, 0.3) is 5.56 Å². The summed E-state index contributed by atoms with van der Waals surface area (Å²) in [6.45, 7) is 3.46. The van der Waals surface area contributed by atoms with Crippen LogP contribution in [0.3, 0.4) is 0 Å². The molecule has 0 unspecified atom stereocenters. The molecule has 0 atom stereocenters. The molecular weight excluding hydrogens is 288 g/mol. The van der Waals surface area contributed by atoms with Crippen LogP contribution in [-0.2, 0) is 24.1 Å². The lowest BCUT2D eigenvalue weighted by molar-refractivity contribution is -0.115. The minimum Gasteiger partial charge on any atom is -0.311 e. The third kappa shape index (κ3) is 2.87. The molecule has 21 heavy (non-hydrogen) atoms. The van der Waals surface area contributed by atoms with Crippen LogP contribution in [0.5, 0.6) is 0 Å². The number of hydrogen-bond donors (Lipinski definition) is 2. The normalized spacial score (nSPS) is 13.2. The number of carbonyl (C=O) groups excluding carboxylic acids is 1. The molecule has 0 bridgehead atoms. The number of nitrogens with one attached hydrogen (secondary N) is 2. The molecule has 1 amide bonds. The van der Waals surface area contributed by atoms with Crippen molar-refractivity contribution in [3.63, 3.8) is 0 Å². The van der Waals surface area contributed by atoms with E-state index in [0.717, 1.165) is 25.0 Å². The van der Waals surface area contributed by atoms with Gasteiger partial charge in [0.05, 0.1) is 12.1 Å². The standard InChI is InChI=1S/C14H16N4O2S/c1-7-9(13(20)16-8(2)15-7)6-12(19)18-14-17-10-4-3-5-11(10)21-14/h3-6H2,1-2H3,(H,15,16,20)(H,17,18,19). The Labute approximate surface area is 125 Å². The highest BCUT2D eigenvalue weighted by molar-refractivity contribution is 7.15. The lowest BCUT2D eigenvalue weighted by Gasteiger charge is -2.05. The van der Waals surface area contributed by atoms with Crippen LogP contribution in [0.1, 0.15) is 34.1 Å². The molecule has 2 aromatic rings. The van der Waals surface area contributed by atoms with E-state index < -0.39 is 0 Å². The SMILES string of the molecule is Cc1nc(C)c(CC(=O)Nc2nc3c(s2)CCC3)c(=O)[nH]1. The number of carbonyl (C=O) groups is 1. The van der Waals surface area contributed by atoms with Crippen molar-refractivity contribution in [3.05, 3.63) is 38.0 Å². The van der Waals surface area contributed by atoms with Crippen LogP contribution < -0.4 is 10.9 Å². The monoisotopic (exact) mass is 304 g/mol. The van der Waals surface area contributed by atoms with Gasteiger partial charge in [0.15, 0.2) is 5.13 Å². The van der Waals surface area contributed by atoms with E-state index in [9.17, 15) is 9.59 Å². The van der Waals surface area contributed by atoms with E-state index in [0.29, 0.717) is 22.2 Å².